The van der Waals surface area contributed by atoms with Crippen molar-refractivity contribution in [1.29, 1.82) is 0 Å². The van der Waals surface area contributed by atoms with Crippen molar-refractivity contribution < 1.29 is 4.79 Å². The molecule has 1 aromatic heterocycles. The zero-order chi connectivity index (χ0) is 13.1. The highest BCUT2D eigenvalue weighted by atomic mass is 79.9. The molecule has 0 aliphatic carbocycles. The summed E-state index contributed by atoms with van der Waals surface area (Å²) in [5.74, 6) is -0.190. The molecule has 1 amide bonds. The van der Waals surface area contributed by atoms with Gasteiger partial charge in [0, 0.05) is 15.6 Å². The Morgan fingerprint density at radius 3 is 2.83 bits per heavy atom. The highest BCUT2D eigenvalue weighted by Crippen LogP contribution is 2.21. The SMILES string of the molecule is Cc1cncc(NC(=O)c2cc(S)ccc2Br)c1. The number of amides is 1. The van der Waals surface area contributed by atoms with E-state index in [1.54, 1.807) is 24.5 Å². The lowest BCUT2D eigenvalue weighted by molar-refractivity contribution is 0.102. The minimum absolute atomic E-state index is 0.190. The summed E-state index contributed by atoms with van der Waals surface area (Å²) in [4.78, 5) is 16.9. The Balaban J connectivity index is 2.24. The summed E-state index contributed by atoms with van der Waals surface area (Å²) in [6, 6.07) is 7.19. The number of aromatic nitrogens is 1. The third-order valence-corrected chi connectivity index (χ3v) is 3.30. The van der Waals surface area contributed by atoms with E-state index >= 15 is 0 Å². The first kappa shape index (κ1) is 13.1. The van der Waals surface area contributed by atoms with Gasteiger partial charge >= 0.3 is 0 Å². The van der Waals surface area contributed by atoms with Crippen LogP contribution in [0.2, 0.25) is 0 Å². The molecule has 0 saturated carbocycles. The van der Waals surface area contributed by atoms with Gasteiger partial charge in [-0.05, 0) is 52.7 Å². The molecule has 5 heteroatoms. The summed E-state index contributed by atoms with van der Waals surface area (Å²) >= 11 is 7.57. The van der Waals surface area contributed by atoms with Gasteiger partial charge in [-0.3, -0.25) is 9.78 Å². The van der Waals surface area contributed by atoms with Crippen molar-refractivity contribution in [2.24, 2.45) is 0 Å². The number of carbonyl (C=O) groups excluding carboxylic acids is 1. The van der Waals surface area contributed by atoms with Crippen LogP contribution in [-0.2, 0) is 0 Å². The van der Waals surface area contributed by atoms with E-state index in [-0.39, 0.29) is 5.91 Å². The van der Waals surface area contributed by atoms with Gasteiger partial charge in [0.05, 0.1) is 17.4 Å². The first-order chi connectivity index (χ1) is 8.56. The highest BCUT2D eigenvalue weighted by Gasteiger charge is 2.10. The van der Waals surface area contributed by atoms with Crippen LogP contribution in [0.1, 0.15) is 15.9 Å². The number of benzene rings is 1. The molecule has 92 valence electrons. The second-order valence-corrected chi connectivity index (χ2v) is 5.24. The van der Waals surface area contributed by atoms with Gasteiger partial charge < -0.3 is 5.32 Å². The molecule has 0 unspecified atom stereocenters. The van der Waals surface area contributed by atoms with Crippen LogP contribution in [0.15, 0.2) is 46.0 Å². The molecule has 0 atom stereocenters. The molecular weight excluding hydrogens is 312 g/mol. The lowest BCUT2D eigenvalue weighted by atomic mass is 10.2. The minimum atomic E-state index is -0.190. The second kappa shape index (κ2) is 5.54. The van der Waals surface area contributed by atoms with Gasteiger partial charge in [0.15, 0.2) is 0 Å². The normalized spacial score (nSPS) is 10.2. The minimum Gasteiger partial charge on any atom is -0.321 e. The molecule has 0 saturated heterocycles. The standard InChI is InChI=1S/C13H11BrN2OS/c1-8-4-9(7-15-6-8)16-13(17)11-5-10(18)2-3-12(11)14/h2-7,18H,1H3,(H,16,17). The molecule has 0 aliphatic rings. The van der Waals surface area contributed by atoms with Crippen molar-refractivity contribution >= 4 is 40.2 Å². The van der Waals surface area contributed by atoms with Crippen molar-refractivity contribution in [2.45, 2.75) is 11.8 Å². The topological polar surface area (TPSA) is 42.0 Å². The molecule has 2 aromatic rings. The zero-order valence-electron chi connectivity index (χ0n) is 9.64. The third-order valence-electron chi connectivity index (χ3n) is 2.33. The van der Waals surface area contributed by atoms with Gasteiger partial charge in [-0.25, -0.2) is 0 Å². The average Bonchev–Trinajstić information content (AvgIpc) is 2.32. The van der Waals surface area contributed by atoms with E-state index in [2.05, 4.69) is 38.9 Å². The Hall–Kier alpha value is -1.33. The summed E-state index contributed by atoms with van der Waals surface area (Å²) < 4.78 is 0.735. The number of thiol groups is 1. The number of nitrogens with zero attached hydrogens (tertiary/aromatic N) is 1. The Kier molecular flexibility index (Phi) is 4.04. The molecule has 0 bridgehead atoms. The summed E-state index contributed by atoms with van der Waals surface area (Å²) in [6.45, 7) is 1.92. The van der Waals surface area contributed by atoms with E-state index in [9.17, 15) is 4.79 Å². The Labute approximate surface area is 119 Å². The van der Waals surface area contributed by atoms with Crippen molar-refractivity contribution in [3.05, 3.63) is 52.3 Å². The van der Waals surface area contributed by atoms with Crippen LogP contribution in [0.4, 0.5) is 5.69 Å². The summed E-state index contributed by atoms with van der Waals surface area (Å²) in [7, 11) is 0. The second-order valence-electron chi connectivity index (χ2n) is 3.87. The van der Waals surface area contributed by atoms with Crippen LogP contribution in [0, 0.1) is 6.92 Å². The van der Waals surface area contributed by atoms with E-state index in [1.165, 1.54) is 0 Å². The fourth-order valence-corrected chi connectivity index (χ4v) is 2.14. The largest absolute Gasteiger partial charge is 0.321 e. The number of halogens is 1. The lowest BCUT2D eigenvalue weighted by Crippen LogP contribution is -2.12. The van der Waals surface area contributed by atoms with Crippen LogP contribution in [0.5, 0.6) is 0 Å². The van der Waals surface area contributed by atoms with Gasteiger partial charge in [0.1, 0.15) is 0 Å². The predicted molar refractivity (Wildman–Crippen MR) is 78.3 cm³/mol. The van der Waals surface area contributed by atoms with Gasteiger partial charge in [0.2, 0.25) is 0 Å². The van der Waals surface area contributed by atoms with E-state index < -0.39 is 0 Å². The Morgan fingerprint density at radius 2 is 2.11 bits per heavy atom. The number of aryl methyl sites for hydroxylation is 1. The fourth-order valence-electron chi connectivity index (χ4n) is 1.51. The molecule has 1 heterocycles. The molecule has 0 aliphatic heterocycles. The maximum Gasteiger partial charge on any atom is 0.256 e. The van der Waals surface area contributed by atoms with E-state index in [0.29, 0.717) is 11.3 Å². The lowest BCUT2D eigenvalue weighted by Gasteiger charge is -2.07. The third kappa shape index (κ3) is 3.11. The first-order valence-electron chi connectivity index (χ1n) is 5.28. The number of anilines is 1. The number of nitrogens with one attached hydrogen (secondary N) is 1. The molecule has 1 N–H and O–H groups in total. The summed E-state index contributed by atoms with van der Waals surface area (Å²) in [5.41, 5.74) is 2.22. The quantitative estimate of drug-likeness (QED) is 0.828. The van der Waals surface area contributed by atoms with Crippen molar-refractivity contribution in [2.75, 3.05) is 5.32 Å². The fraction of sp³-hybridized carbons (Fsp3) is 0.0769. The van der Waals surface area contributed by atoms with Gasteiger partial charge in [-0.1, -0.05) is 0 Å². The van der Waals surface area contributed by atoms with Gasteiger partial charge in [-0.15, -0.1) is 12.6 Å². The highest BCUT2D eigenvalue weighted by molar-refractivity contribution is 9.10. The molecule has 1 aromatic carbocycles. The maximum absolute atomic E-state index is 12.1. The predicted octanol–water partition coefficient (Wildman–Crippen LogP) is 3.69. The molecule has 18 heavy (non-hydrogen) atoms. The molecule has 0 spiro atoms. The first-order valence-corrected chi connectivity index (χ1v) is 6.52. The Bertz CT molecular complexity index is 601. The number of carbonyl (C=O) groups is 1. The van der Waals surface area contributed by atoms with Gasteiger partial charge in [-0.2, -0.15) is 0 Å². The molecule has 3 nitrogen and oxygen atoms in total. The maximum atomic E-state index is 12.1. The van der Waals surface area contributed by atoms with Crippen molar-refractivity contribution in [3.8, 4) is 0 Å². The van der Waals surface area contributed by atoms with Crippen molar-refractivity contribution in [1.82, 2.24) is 4.98 Å². The van der Waals surface area contributed by atoms with E-state index in [4.69, 9.17) is 0 Å². The number of hydrogen-bond donors (Lipinski definition) is 2. The number of hydrogen-bond acceptors (Lipinski definition) is 3. The monoisotopic (exact) mass is 322 g/mol. The van der Waals surface area contributed by atoms with E-state index in [0.717, 1.165) is 14.9 Å². The van der Waals surface area contributed by atoms with Crippen LogP contribution in [0.25, 0.3) is 0 Å². The molecule has 0 fully saturated rings. The molecular formula is C13H11BrN2OS. The number of rotatable bonds is 2. The Morgan fingerprint density at radius 1 is 1.33 bits per heavy atom. The molecule has 0 radical (unpaired) electrons. The van der Waals surface area contributed by atoms with Gasteiger partial charge in [0.25, 0.3) is 5.91 Å². The smallest absolute Gasteiger partial charge is 0.256 e. The van der Waals surface area contributed by atoms with Crippen molar-refractivity contribution in [3.63, 3.8) is 0 Å². The molecule has 2 rings (SSSR count). The summed E-state index contributed by atoms with van der Waals surface area (Å²) in [6.07, 6.45) is 3.35. The zero-order valence-corrected chi connectivity index (χ0v) is 12.1. The van der Waals surface area contributed by atoms with E-state index in [1.807, 2.05) is 19.1 Å². The van der Waals surface area contributed by atoms with Crippen LogP contribution < -0.4 is 5.32 Å². The van der Waals surface area contributed by atoms with Crippen LogP contribution in [0.3, 0.4) is 0 Å². The summed E-state index contributed by atoms with van der Waals surface area (Å²) in [5, 5.41) is 2.80. The average molecular weight is 323 g/mol. The van der Waals surface area contributed by atoms with Crippen LogP contribution in [-0.4, -0.2) is 10.9 Å². The van der Waals surface area contributed by atoms with Crippen LogP contribution >= 0.6 is 28.6 Å². The number of pyridine rings is 1.